The lowest BCUT2D eigenvalue weighted by atomic mass is 10.0. The van der Waals surface area contributed by atoms with Gasteiger partial charge in [0.15, 0.2) is 0 Å². The number of amides is 1. The van der Waals surface area contributed by atoms with Crippen LogP contribution in [0, 0.1) is 11.3 Å². The van der Waals surface area contributed by atoms with E-state index in [1.807, 2.05) is 54.6 Å². The Labute approximate surface area is 184 Å². The van der Waals surface area contributed by atoms with Crippen LogP contribution in [0.1, 0.15) is 47.2 Å². The molecule has 6 nitrogen and oxygen atoms in total. The van der Waals surface area contributed by atoms with Gasteiger partial charge < -0.3 is 5.32 Å². The highest BCUT2D eigenvalue weighted by Gasteiger charge is 2.31. The number of hydrogen-bond donors (Lipinski definition) is 1. The van der Waals surface area contributed by atoms with Crippen LogP contribution in [-0.4, -0.2) is 54.2 Å². The molecule has 1 amide bonds. The van der Waals surface area contributed by atoms with E-state index < -0.39 is 0 Å². The number of carbonyl (C=O) groups excluding carboxylic acids is 1. The van der Waals surface area contributed by atoms with Gasteiger partial charge in [-0.2, -0.15) is 5.26 Å². The van der Waals surface area contributed by atoms with E-state index in [2.05, 4.69) is 16.3 Å². The number of nitriles is 1. The lowest BCUT2D eigenvalue weighted by Crippen LogP contribution is -2.49. The van der Waals surface area contributed by atoms with Crippen LogP contribution in [-0.2, 0) is 11.4 Å². The lowest BCUT2D eigenvalue weighted by molar-refractivity contribution is -0.199. The summed E-state index contributed by atoms with van der Waals surface area (Å²) in [6.07, 6.45) is 3.69. The Balaban J connectivity index is 1.35. The molecule has 2 aromatic rings. The second-order valence-corrected chi connectivity index (χ2v) is 8.37. The first-order chi connectivity index (χ1) is 15.2. The van der Waals surface area contributed by atoms with Gasteiger partial charge in [-0.25, -0.2) is 5.06 Å². The fourth-order valence-corrected chi connectivity index (χ4v) is 4.33. The van der Waals surface area contributed by atoms with Gasteiger partial charge in [0.1, 0.15) is 0 Å². The first kappa shape index (κ1) is 21.5. The molecule has 2 aliphatic heterocycles. The van der Waals surface area contributed by atoms with Crippen molar-refractivity contribution in [1.82, 2.24) is 15.3 Å². The quantitative estimate of drug-likeness (QED) is 0.729. The van der Waals surface area contributed by atoms with Gasteiger partial charge in [0, 0.05) is 25.2 Å². The molecule has 0 aliphatic carbocycles. The Bertz CT molecular complexity index is 880. The molecule has 31 heavy (non-hydrogen) atoms. The van der Waals surface area contributed by atoms with Crippen LogP contribution in [0.15, 0.2) is 54.6 Å². The highest BCUT2D eigenvalue weighted by atomic mass is 16.7. The van der Waals surface area contributed by atoms with Crippen molar-refractivity contribution in [3.8, 4) is 6.07 Å². The zero-order valence-electron chi connectivity index (χ0n) is 17.9. The first-order valence-corrected chi connectivity index (χ1v) is 11.2. The maximum Gasteiger partial charge on any atom is 0.277 e. The second kappa shape index (κ2) is 10.5. The van der Waals surface area contributed by atoms with Crippen molar-refractivity contribution in [3.63, 3.8) is 0 Å². The molecule has 4 rings (SSSR count). The van der Waals surface area contributed by atoms with Gasteiger partial charge in [-0.1, -0.05) is 30.3 Å². The Kier molecular flexibility index (Phi) is 7.31. The summed E-state index contributed by atoms with van der Waals surface area (Å²) in [4.78, 5) is 22.0. The molecule has 2 heterocycles. The third-order valence-electron chi connectivity index (χ3n) is 6.15. The SMILES string of the molecule is N#Cc1ccc(CN2CCC(ON(C(=O)c3ccccc3)C3CCNCC3)CC2)cc1. The van der Waals surface area contributed by atoms with E-state index in [0.29, 0.717) is 11.1 Å². The molecule has 0 bridgehead atoms. The molecular weight excluding hydrogens is 388 g/mol. The number of rotatable bonds is 6. The number of hydroxylamine groups is 2. The largest absolute Gasteiger partial charge is 0.317 e. The third-order valence-corrected chi connectivity index (χ3v) is 6.15. The highest BCUT2D eigenvalue weighted by molar-refractivity contribution is 5.93. The zero-order chi connectivity index (χ0) is 21.5. The van der Waals surface area contributed by atoms with Crippen molar-refractivity contribution in [2.75, 3.05) is 26.2 Å². The number of piperidine rings is 2. The third kappa shape index (κ3) is 5.71. The Morgan fingerprint density at radius 2 is 1.71 bits per heavy atom. The molecule has 0 saturated carbocycles. The second-order valence-electron chi connectivity index (χ2n) is 8.37. The van der Waals surface area contributed by atoms with Crippen molar-refractivity contribution in [2.24, 2.45) is 0 Å². The summed E-state index contributed by atoms with van der Waals surface area (Å²) in [5.74, 6) is -0.0347. The Hall–Kier alpha value is -2.72. The van der Waals surface area contributed by atoms with E-state index >= 15 is 0 Å². The minimum absolute atomic E-state index is 0.0347. The summed E-state index contributed by atoms with van der Waals surface area (Å²) >= 11 is 0. The van der Waals surface area contributed by atoms with Crippen LogP contribution in [0.3, 0.4) is 0 Å². The van der Waals surface area contributed by atoms with Crippen molar-refractivity contribution < 1.29 is 9.63 Å². The van der Waals surface area contributed by atoms with Crippen molar-refractivity contribution in [2.45, 2.75) is 44.4 Å². The minimum Gasteiger partial charge on any atom is -0.317 e. The van der Waals surface area contributed by atoms with Gasteiger partial charge in [0.2, 0.25) is 0 Å². The molecule has 0 unspecified atom stereocenters. The molecule has 162 valence electrons. The fourth-order valence-electron chi connectivity index (χ4n) is 4.33. The van der Waals surface area contributed by atoms with E-state index in [4.69, 9.17) is 10.1 Å². The predicted molar refractivity (Wildman–Crippen MR) is 119 cm³/mol. The lowest BCUT2D eigenvalue weighted by Gasteiger charge is -2.38. The molecule has 6 heteroatoms. The fraction of sp³-hybridized carbons (Fsp3) is 0.440. The predicted octanol–water partition coefficient (Wildman–Crippen LogP) is 3.35. The molecule has 2 aliphatic rings. The molecule has 0 radical (unpaired) electrons. The zero-order valence-corrected chi connectivity index (χ0v) is 17.9. The maximum absolute atomic E-state index is 13.2. The van der Waals surface area contributed by atoms with Crippen LogP contribution in [0.25, 0.3) is 0 Å². The number of carbonyl (C=O) groups is 1. The number of likely N-dealkylation sites (tertiary alicyclic amines) is 1. The molecule has 2 fully saturated rings. The Morgan fingerprint density at radius 3 is 2.35 bits per heavy atom. The molecule has 1 N–H and O–H groups in total. The van der Waals surface area contributed by atoms with Gasteiger partial charge >= 0.3 is 0 Å². The first-order valence-electron chi connectivity index (χ1n) is 11.2. The van der Waals surface area contributed by atoms with Crippen LogP contribution < -0.4 is 5.32 Å². The van der Waals surface area contributed by atoms with E-state index in [-0.39, 0.29) is 18.1 Å². The number of hydrogen-bond acceptors (Lipinski definition) is 5. The van der Waals surface area contributed by atoms with E-state index in [1.165, 1.54) is 5.56 Å². The standard InChI is InChI=1S/C25H30N4O2/c26-18-20-6-8-21(9-7-20)19-28-16-12-24(13-17-28)31-29(23-10-14-27-15-11-23)25(30)22-4-2-1-3-5-22/h1-9,23-24,27H,10-17,19H2. The van der Waals surface area contributed by atoms with Gasteiger partial charge in [-0.3, -0.25) is 14.5 Å². The normalized spacial score (nSPS) is 18.4. The van der Waals surface area contributed by atoms with Crippen LogP contribution in [0.2, 0.25) is 0 Å². The van der Waals surface area contributed by atoms with E-state index in [0.717, 1.165) is 58.4 Å². The smallest absolute Gasteiger partial charge is 0.277 e. The Morgan fingerprint density at radius 1 is 1.03 bits per heavy atom. The highest BCUT2D eigenvalue weighted by Crippen LogP contribution is 2.23. The summed E-state index contributed by atoms with van der Waals surface area (Å²) in [5, 5.41) is 14.0. The minimum atomic E-state index is -0.0347. The number of nitrogens with one attached hydrogen (secondary N) is 1. The average molecular weight is 419 g/mol. The van der Waals surface area contributed by atoms with Gasteiger partial charge in [-0.05, 0) is 68.6 Å². The summed E-state index contributed by atoms with van der Waals surface area (Å²) in [7, 11) is 0. The molecule has 2 aromatic carbocycles. The van der Waals surface area contributed by atoms with Crippen LogP contribution in [0.4, 0.5) is 0 Å². The monoisotopic (exact) mass is 418 g/mol. The summed E-state index contributed by atoms with van der Waals surface area (Å²) in [6, 6.07) is 19.5. The maximum atomic E-state index is 13.2. The van der Waals surface area contributed by atoms with Crippen molar-refractivity contribution in [3.05, 3.63) is 71.3 Å². The van der Waals surface area contributed by atoms with Crippen molar-refractivity contribution in [1.29, 1.82) is 5.26 Å². The molecular formula is C25H30N4O2. The van der Waals surface area contributed by atoms with E-state index in [1.54, 1.807) is 5.06 Å². The van der Waals surface area contributed by atoms with Crippen molar-refractivity contribution >= 4 is 5.91 Å². The van der Waals surface area contributed by atoms with Crippen LogP contribution in [0.5, 0.6) is 0 Å². The average Bonchev–Trinajstić information content (AvgIpc) is 2.85. The number of benzene rings is 2. The molecule has 0 spiro atoms. The van der Waals surface area contributed by atoms with Crippen LogP contribution >= 0.6 is 0 Å². The van der Waals surface area contributed by atoms with Gasteiger partial charge in [-0.15, -0.1) is 0 Å². The molecule has 0 atom stereocenters. The summed E-state index contributed by atoms with van der Waals surface area (Å²) in [6.45, 7) is 4.57. The van der Waals surface area contributed by atoms with Gasteiger partial charge in [0.05, 0.1) is 23.8 Å². The summed E-state index contributed by atoms with van der Waals surface area (Å²) in [5.41, 5.74) is 2.59. The van der Waals surface area contributed by atoms with Gasteiger partial charge in [0.25, 0.3) is 5.91 Å². The van der Waals surface area contributed by atoms with E-state index in [9.17, 15) is 4.79 Å². The molecule has 0 aromatic heterocycles. The topological polar surface area (TPSA) is 68.6 Å². The molecule has 2 saturated heterocycles. The summed E-state index contributed by atoms with van der Waals surface area (Å²) < 4.78 is 0. The number of nitrogens with zero attached hydrogens (tertiary/aromatic N) is 3.